The van der Waals surface area contributed by atoms with Crippen LogP contribution in [0.3, 0.4) is 0 Å². The van der Waals surface area contributed by atoms with Crippen LogP contribution in [0.1, 0.15) is 24.8 Å². The summed E-state index contributed by atoms with van der Waals surface area (Å²) in [6, 6.07) is 9.64. The number of Topliss-reactive ketones (excluding diaryl/α,β-unsaturated/α-hetero) is 1. The summed E-state index contributed by atoms with van der Waals surface area (Å²) < 4.78 is 6.24. The zero-order chi connectivity index (χ0) is 13.8. The molecular weight excluding hydrogens is 260 g/mol. The normalized spacial score (nSPS) is 13.9. The van der Waals surface area contributed by atoms with Crippen LogP contribution in [-0.2, 0) is 9.53 Å². The smallest absolute Gasteiger partial charge is 0.185 e. The zero-order valence-electron chi connectivity index (χ0n) is 10.8. The van der Waals surface area contributed by atoms with E-state index in [0.717, 1.165) is 10.2 Å². The Morgan fingerprint density at radius 2 is 2.26 bits per heavy atom. The van der Waals surface area contributed by atoms with Gasteiger partial charge in [0.25, 0.3) is 0 Å². The highest BCUT2D eigenvalue weighted by Crippen LogP contribution is 2.28. The van der Waals surface area contributed by atoms with E-state index in [9.17, 15) is 10.1 Å². The Morgan fingerprint density at radius 3 is 2.89 bits per heavy atom. The second kappa shape index (κ2) is 5.91. The average molecular weight is 274 g/mol. The van der Waals surface area contributed by atoms with Gasteiger partial charge in [0.1, 0.15) is 11.1 Å². The molecule has 19 heavy (non-hydrogen) atoms. The van der Waals surface area contributed by atoms with Crippen molar-refractivity contribution < 1.29 is 9.53 Å². The molecule has 0 aliphatic carbocycles. The van der Waals surface area contributed by atoms with Gasteiger partial charge in [-0.2, -0.15) is 5.26 Å². The Labute approximate surface area is 115 Å². The fourth-order valence-corrected chi connectivity index (χ4v) is 2.84. The number of carbonyl (C=O) groups is 1. The fourth-order valence-electron chi connectivity index (χ4n) is 1.82. The minimum absolute atomic E-state index is 0.233. The summed E-state index contributed by atoms with van der Waals surface area (Å²) in [4.78, 5) is 16.5. The summed E-state index contributed by atoms with van der Waals surface area (Å²) in [6.45, 7) is 3.94. The highest BCUT2D eigenvalue weighted by Gasteiger charge is 2.28. The Balaban J connectivity index is 2.31. The van der Waals surface area contributed by atoms with Gasteiger partial charge in [-0.05, 0) is 26.0 Å². The number of fused-ring (bicyclic) bond motifs is 1. The molecule has 0 bridgehead atoms. The third kappa shape index (κ3) is 2.80. The molecule has 4 nitrogen and oxygen atoms in total. The summed E-state index contributed by atoms with van der Waals surface area (Å²) in [7, 11) is 0. The molecule has 0 saturated carbocycles. The minimum atomic E-state index is -0.848. The lowest BCUT2D eigenvalue weighted by Gasteiger charge is -2.12. The van der Waals surface area contributed by atoms with Gasteiger partial charge >= 0.3 is 0 Å². The summed E-state index contributed by atoms with van der Waals surface area (Å²) in [6.07, 6.45) is -0.582. The van der Waals surface area contributed by atoms with E-state index in [1.54, 1.807) is 6.92 Å². The molecule has 0 N–H and O–H groups in total. The van der Waals surface area contributed by atoms with Gasteiger partial charge in [0.2, 0.25) is 0 Å². The number of aromatic nitrogens is 1. The first-order valence-electron chi connectivity index (χ1n) is 6.07. The molecule has 0 radical (unpaired) electrons. The van der Waals surface area contributed by atoms with Gasteiger partial charge in [-0.25, -0.2) is 4.98 Å². The van der Waals surface area contributed by atoms with E-state index in [2.05, 4.69) is 4.98 Å². The average Bonchev–Trinajstić information content (AvgIpc) is 2.83. The highest BCUT2D eigenvalue weighted by molar-refractivity contribution is 7.18. The maximum Gasteiger partial charge on any atom is 0.185 e. The Bertz CT molecular complexity index is 597. The molecule has 0 fully saturated rings. The second-order valence-corrected chi connectivity index (χ2v) is 5.14. The molecule has 2 aromatic rings. The number of rotatable bonds is 5. The van der Waals surface area contributed by atoms with Crippen molar-refractivity contribution in [2.24, 2.45) is 0 Å². The molecule has 98 valence electrons. The van der Waals surface area contributed by atoms with Crippen molar-refractivity contribution in [3.63, 3.8) is 0 Å². The Kier molecular flexibility index (Phi) is 4.25. The standard InChI is InChI=1S/C14H14N2O2S/c1-3-18-9(2)13(17)10(8-15)14-16-11-6-4-5-7-12(11)19-14/h4-7,9-10H,3H2,1-2H3/t9-,10-/m0/s1. The predicted octanol–water partition coefficient (Wildman–Crippen LogP) is 2.90. The summed E-state index contributed by atoms with van der Waals surface area (Å²) >= 11 is 1.38. The molecule has 2 rings (SSSR count). The third-order valence-corrected chi connectivity index (χ3v) is 3.89. The summed E-state index contributed by atoms with van der Waals surface area (Å²) in [5.74, 6) is -1.08. The van der Waals surface area contributed by atoms with E-state index >= 15 is 0 Å². The van der Waals surface area contributed by atoms with Crippen LogP contribution >= 0.6 is 11.3 Å². The lowest BCUT2D eigenvalue weighted by molar-refractivity contribution is -0.129. The van der Waals surface area contributed by atoms with E-state index < -0.39 is 12.0 Å². The van der Waals surface area contributed by atoms with Crippen LogP contribution in [-0.4, -0.2) is 23.5 Å². The number of ketones is 1. The van der Waals surface area contributed by atoms with Gasteiger partial charge in [-0.3, -0.25) is 4.79 Å². The van der Waals surface area contributed by atoms with Crippen molar-refractivity contribution in [2.45, 2.75) is 25.9 Å². The fraction of sp³-hybridized carbons (Fsp3) is 0.357. The molecule has 1 aromatic carbocycles. The van der Waals surface area contributed by atoms with Crippen LogP contribution in [0.5, 0.6) is 0 Å². The number of nitrogens with zero attached hydrogens (tertiary/aromatic N) is 2. The van der Waals surface area contributed by atoms with Gasteiger partial charge in [0.15, 0.2) is 11.7 Å². The molecule has 0 amide bonds. The lowest BCUT2D eigenvalue weighted by Crippen LogP contribution is -2.26. The molecule has 0 saturated heterocycles. The number of carbonyl (C=O) groups excluding carboxylic acids is 1. The van der Waals surface area contributed by atoms with Crippen LogP contribution in [0.2, 0.25) is 0 Å². The van der Waals surface area contributed by atoms with Gasteiger partial charge in [0, 0.05) is 6.61 Å². The number of nitriles is 1. The van der Waals surface area contributed by atoms with Crippen LogP contribution in [0.4, 0.5) is 0 Å². The number of benzene rings is 1. The maximum atomic E-state index is 12.2. The predicted molar refractivity (Wildman–Crippen MR) is 74.1 cm³/mol. The number of ether oxygens (including phenoxy) is 1. The van der Waals surface area contributed by atoms with E-state index in [0.29, 0.717) is 11.6 Å². The van der Waals surface area contributed by atoms with Crippen LogP contribution in [0.25, 0.3) is 10.2 Å². The summed E-state index contributed by atoms with van der Waals surface area (Å²) in [5.41, 5.74) is 0.819. The Morgan fingerprint density at radius 1 is 1.53 bits per heavy atom. The van der Waals surface area contributed by atoms with Gasteiger partial charge in [-0.15, -0.1) is 11.3 Å². The SMILES string of the molecule is CCO[C@@H](C)C(=O)[C@H](C#N)c1nc2ccccc2s1. The largest absolute Gasteiger partial charge is 0.371 e. The zero-order valence-corrected chi connectivity index (χ0v) is 11.6. The van der Waals surface area contributed by atoms with Crippen LogP contribution in [0.15, 0.2) is 24.3 Å². The van der Waals surface area contributed by atoms with Crippen molar-refractivity contribution in [3.05, 3.63) is 29.3 Å². The molecule has 1 aromatic heterocycles. The van der Waals surface area contributed by atoms with Crippen molar-refractivity contribution >= 4 is 27.3 Å². The first-order chi connectivity index (χ1) is 9.17. The lowest BCUT2D eigenvalue weighted by atomic mass is 10.0. The summed E-state index contributed by atoms with van der Waals surface area (Å²) in [5, 5.41) is 9.77. The molecule has 0 aliphatic rings. The maximum absolute atomic E-state index is 12.2. The highest BCUT2D eigenvalue weighted by atomic mass is 32.1. The second-order valence-electron chi connectivity index (χ2n) is 4.08. The molecule has 0 aliphatic heterocycles. The number of hydrogen-bond donors (Lipinski definition) is 0. The van der Waals surface area contributed by atoms with Gasteiger partial charge in [0.05, 0.1) is 16.3 Å². The van der Waals surface area contributed by atoms with Crippen LogP contribution < -0.4 is 0 Å². The van der Waals surface area contributed by atoms with Crippen molar-refractivity contribution in [2.75, 3.05) is 6.61 Å². The molecule has 2 atom stereocenters. The van der Waals surface area contributed by atoms with E-state index in [1.165, 1.54) is 11.3 Å². The number of thiazole rings is 1. The van der Waals surface area contributed by atoms with E-state index in [1.807, 2.05) is 37.3 Å². The number of hydrogen-bond acceptors (Lipinski definition) is 5. The molecule has 0 unspecified atom stereocenters. The van der Waals surface area contributed by atoms with E-state index in [-0.39, 0.29) is 5.78 Å². The number of para-hydroxylation sites is 1. The molecule has 5 heteroatoms. The molecule has 0 spiro atoms. The van der Waals surface area contributed by atoms with Gasteiger partial charge < -0.3 is 4.74 Å². The minimum Gasteiger partial charge on any atom is -0.371 e. The van der Waals surface area contributed by atoms with Crippen molar-refractivity contribution in [1.82, 2.24) is 4.98 Å². The molecule has 1 heterocycles. The third-order valence-electron chi connectivity index (χ3n) is 2.79. The monoisotopic (exact) mass is 274 g/mol. The van der Waals surface area contributed by atoms with Crippen molar-refractivity contribution in [1.29, 1.82) is 5.26 Å². The molecular formula is C14H14N2O2S. The van der Waals surface area contributed by atoms with Crippen LogP contribution in [0, 0.1) is 11.3 Å². The van der Waals surface area contributed by atoms with E-state index in [4.69, 9.17) is 4.74 Å². The Hall–Kier alpha value is -1.77. The van der Waals surface area contributed by atoms with Crippen molar-refractivity contribution in [3.8, 4) is 6.07 Å². The van der Waals surface area contributed by atoms with Gasteiger partial charge in [-0.1, -0.05) is 12.1 Å². The first-order valence-corrected chi connectivity index (χ1v) is 6.89. The quantitative estimate of drug-likeness (QED) is 0.841. The topological polar surface area (TPSA) is 63.0 Å². The first kappa shape index (κ1) is 13.7.